The first kappa shape index (κ1) is 23.1. The quantitative estimate of drug-likeness (QED) is 0.612. The van der Waals surface area contributed by atoms with E-state index in [4.69, 9.17) is 4.74 Å². The van der Waals surface area contributed by atoms with Crippen LogP contribution in [0.2, 0.25) is 0 Å². The molecule has 2 aliphatic heterocycles. The first-order chi connectivity index (χ1) is 15.8. The zero-order valence-electron chi connectivity index (χ0n) is 18.9. The molecule has 0 radical (unpaired) electrons. The predicted octanol–water partition coefficient (Wildman–Crippen LogP) is 1.80. The molecule has 0 aromatic heterocycles. The molecule has 2 aliphatic rings. The molecular formula is C24H29N3O5S. The van der Waals surface area contributed by atoms with E-state index in [1.807, 2.05) is 36.4 Å². The molecule has 33 heavy (non-hydrogen) atoms. The summed E-state index contributed by atoms with van der Waals surface area (Å²) in [7, 11) is -1.65. The fraction of sp³-hybridized carbons (Fsp3) is 0.417. The summed E-state index contributed by atoms with van der Waals surface area (Å²) in [6.07, 6.45) is 1.25. The highest BCUT2D eigenvalue weighted by Crippen LogP contribution is 2.27. The summed E-state index contributed by atoms with van der Waals surface area (Å²) >= 11 is 0. The van der Waals surface area contributed by atoms with Gasteiger partial charge in [0.15, 0.2) is 0 Å². The van der Waals surface area contributed by atoms with Crippen LogP contribution in [0.4, 0.5) is 5.69 Å². The Bertz CT molecular complexity index is 1140. The Kier molecular flexibility index (Phi) is 6.60. The normalized spacial score (nSPS) is 17.2. The van der Waals surface area contributed by atoms with Gasteiger partial charge in [0.25, 0.3) is 5.91 Å². The monoisotopic (exact) mass is 471 g/mol. The van der Waals surface area contributed by atoms with Gasteiger partial charge in [-0.1, -0.05) is 24.3 Å². The summed E-state index contributed by atoms with van der Waals surface area (Å²) < 4.78 is 29.0. The number of amides is 2. The highest BCUT2D eigenvalue weighted by atomic mass is 32.2. The van der Waals surface area contributed by atoms with Crippen molar-refractivity contribution in [2.45, 2.75) is 19.0 Å². The van der Waals surface area contributed by atoms with E-state index in [1.165, 1.54) is 4.90 Å². The lowest BCUT2D eigenvalue weighted by Gasteiger charge is -2.39. The van der Waals surface area contributed by atoms with E-state index in [0.29, 0.717) is 38.3 Å². The fourth-order valence-electron chi connectivity index (χ4n) is 4.47. The molecule has 0 N–H and O–H groups in total. The van der Waals surface area contributed by atoms with Crippen LogP contribution in [0.1, 0.15) is 22.3 Å². The molecule has 0 spiro atoms. The lowest BCUT2D eigenvalue weighted by atomic mass is 10.1. The minimum atomic E-state index is -3.28. The standard InChI is InChI=1S/C24H29N3O5S/c1-32-20-8-5-7-19(16-20)25-11-13-26(14-12-25)24(29)22(10-15-33(2,30)31)27-17-18-6-3-4-9-21(18)23(27)28/h3-9,16,22H,10-15,17H2,1-2H3. The van der Waals surface area contributed by atoms with Gasteiger partial charge in [-0.15, -0.1) is 0 Å². The summed E-state index contributed by atoms with van der Waals surface area (Å²) in [5.74, 6) is 0.226. The van der Waals surface area contributed by atoms with Gasteiger partial charge in [0.05, 0.1) is 12.9 Å². The van der Waals surface area contributed by atoms with Gasteiger partial charge in [0, 0.05) is 56.3 Å². The lowest BCUT2D eigenvalue weighted by molar-refractivity contribution is -0.136. The van der Waals surface area contributed by atoms with Crippen LogP contribution in [0, 0.1) is 0 Å². The number of fused-ring (bicyclic) bond motifs is 1. The van der Waals surface area contributed by atoms with Crippen molar-refractivity contribution in [3.63, 3.8) is 0 Å². The van der Waals surface area contributed by atoms with Crippen molar-refractivity contribution in [3.05, 3.63) is 59.7 Å². The Morgan fingerprint density at radius 2 is 1.79 bits per heavy atom. The van der Waals surface area contributed by atoms with Crippen molar-refractivity contribution in [3.8, 4) is 5.75 Å². The maximum Gasteiger partial charge on any atom is 0.255 e. The Balaban J connectivity index is 1.48. The second kappa shape index (κ2) is 9.43. The van der Waals surface area contributed by atoms with E-state index < -0.39 is 15.9 Å². The molecule has 1 atom stereocenters. The number of carbonyl (C=O) groups excluding carboxylic acids is 2. The van der Waals surface area contributed by atoms with Gasteiger partial charge in [-0.25, -0.2) is 8.42 Å². The molecule has 176 valence electrons. The largest absolute Gasteiger partial charge is 0.497 e. The zero-order valence-corrected chi connectivity index (χ0v) is 19.8. The van der Waals surface area contributed by atoms with Crippen LogP contribution in [-0.4, -0.2) is 81.4 Å². The van der Waals surface area contributed by atoms with E-state index >= 15 is 0 Å². The third kappa shape index (κ3) is 5.13. The summed E-state index contributed by atoms with van der Waals surface area (Å²) in [6.45, 7) is 2.61. The number of hydrogen-bond donors (Lipinski definition) is 0. The molecule has 1 fully saturated rings. The van der Waals surface area contributed by atoms with Crippen molar-refractivity contribution in [2.24, 2.45) is 0 Å². The Morgan fingerprint density at radius 3 is 2.45 bits per heavy atom. The second-order valence-corrected chi connectivity index (χ2v) is 10.8. The second-order valence-electron chi connectivity index (χ2n) is 8.54. The molecule has 8 nitrogen and oxygen atoms in total. The van der Waals surface area contributed by atoms with Crippen molar-refractivity contribution in [2.75, 3.05) is 50.2 Å². The molecule has 1 saturated heterocycles. The van der Waals surface area contributed by atoms with Crippen LogP contribution >= 0.6 is 0 Å². The average Bonchev–Trinajstić information content (AvgIpc) is 3.15. The molecule has 0 bridgehead atoms. The topological polar surface area (TPSA) is 87.2 Å². The maximum atomic E-state index is 13.5. The molecule has 2 aromatic rings. The SMILES string of the molecule is COc1cccc(N2CCN(C(=O)C(CCS(C)(=O)=O)N3Cc4ccccc4C3=O)CC2)c1. The number of methoxy groups -OCH3 is 1. The Labute approximate surface area is 194 Å². The van der Waals surface area contributed by atoms with Gasteiger partial charge in [0.1, 0.15) is 21.6 Å². The summed E-state index contributed by atoms with van der Waals surface area (Å²) in [4.78, 5) is 32.0. The Hall–Kier alpha value is -3.07. The third-order valence-electron chi connectivity index (χ3n) is 6.28. The average molecular weight is 472 g/mol. The van der Waals surface area contributed by atoms with Crippen LogP contribution in [0.25, 0.3) is 0 Å². The molecule has 9 heteroatoms. The van der Waals surface area contributed by atoms with Crippen molar-refractivity contribution >= 4 is 27.3 Å². The van der Waals surface area contributed by atoms with Gasteiger partial charge < -0.3 is 19.4 Å². The van der Waals surface area contributed by atoms with E-state index in [2.05, 4.69) is 4.90 Å². The molecule has 2 heterocycles. The molecule has 0 saturated carbocycles. The van der Waals surface area contributed by atoms with Gasteiger partial charge in [-0.2, -0.15) is 0 Å². The van der Waals surface area contributed by atoms with Crippen LogP contribution in [-0.2, 0) is 21.2 Å². The molecule has 2 aromatic carbocycles. The molecule has 0 aliphatic carbocycles. The number of ether oxygens (including phenoxy) is 1. The summed E-state index contributed by atoms with van der Waals surface area (Å²) in [5, 5.41) is 0. The summed E-state index contributed by atoms with van der Waals surface area (Å²) in [5.41, 5.74) is 2.47. The molecule has 1 unspecified atom stereocenters. The van der Waals surface area contributed by atoms with E-state index in [-0.39, 0.29) is 24.0 Å². The lowest BCUT2D eigenvalue weighted by Crippen LogP contribution is -2.55. The van der Waals surface area contributed by atoms with Crippen molar-refractivity contribution in [1.29, 1.82) is 0 Å². The number of rotatable bonds is 7. The first-order valence-corrected chi connectivity index (χ1v) is 13.1. The molecule has 4 rings (SSSR count). The first-order valence-electron chi connectivity index (χ1n) is 11.0. The van der Waals surface area contributed by atoms with Gasteiger partial charge in [0.2, 0.25) is 5.91 Å². The van der Waals surface area contributed by atoms with Crippen molar-refractivity contribution in [1.82, 2.24) is 9.80 Å². The Morgan fingerprint density at radius 1 is 1.06 bits per heavy atom. The summed E-state index contributed by atoms with van der Waals surface area (Å²) in [6, 6.07) is 14.3. The maximum absolute atomic E-state index is 13.5. The number of anilines is 1. The van der Waals surface area contributed by atoms with Gasteiger partial charge in [-0.05, 0) is 30.2 Å². The fourth-order valence-corrected chi connectivity index (χ4v) is 5.12. The van der Waals surface area contributed by atoms with Crippen LogP contribution in [0.3, 0.4) is 0 Å². The number of benzene rings is 2. The number of carbonyl (C=O) groups is 2. The van der Waals surface area contributed by atoms with Crippen molar-refractivity contribution < 1.29 is 22.7 Å². The van der Waals surface area contributed by atoms with Gasteiger partial charge >= 0.3 is 0 Å². The number of nitrogens with zero attached hydrogens (tertiary/aromatic N) is 3. The number of sulfone groups is 1. The number of piperazine rings is 1. The van der Waals surface area contributed by atoms with E-state index in [1.54, 1.807) is 24.1 Å². The molecular weight excluding hydrogens is 442 g/mol. The highest BCUT2D eigenvalue weighted by molar-refractivity contribution is 7.90. The third-order valence-corrected chi connectivity index (χ3v) is 7.26. The highest BCUT2D eigenvalue weighted by Gasteiger charge is 2.39. The molecule has 2 amide bonds. The minimum Gasteiger partial charge on any atom is -0.497 e. The van der Waals surface area contributed by atoms with Crippen LogP contribution in [0.5, 0.6) is 5.75 Å². The van der Waals surface area contributed by atoms with Gasteiger partial charge in [-0.3, -0.25) is 9.59 Å². The smallest absolute Gasteiger partial charge is 0.255 e. The zero-order chi connectivity index (χ0) is 23.6. The minimum absolute atomic E-state index is 0.0908. The predicted molar refractivity (Wildman–Crippen MR) is 126 cm³/mol. The van der Waals surface area contributed by atoms with E-state index in [0.717, 1.165) is 23.3 Å². The van der Waals surface area contributed by atoms with Crippen LogP contribution in [0.15, 0.2) is 48.5 Å². The van der Waals surface area contributed by atoms with E-state index in [9.17, 15) is 18.0 Å². The number of hydrogen-bond acceptors (Lipinski definition) is 6. The van der Waals surface area contributed by atoms with Crippen LogP contribution < -0.4 is 9.64 Å².